The molecule has 0 aromatic heterocycles. The van der Waals surface area contributed by atoms with E-state index < -0.39 is 0 Å². The number of carbonyl (C=O) groups is 2. The first-order chi connectivity index (χ1) is 11.1. The predicted octanol–water partition coefficient (Wildman–Crippen LogP) is 3.00. The summed E-state index contributed by atoms with van der Waals surface area (Å²) in [5, 5.41) is 3.91. The maximum atomic E-state index is 12.2. The highest BCUT2D eigenvalue weighted by atomic mass is 32.2. The number of ether oxygens (including phenoxy) is 1. The van der Waals surface area contributed by atoms with Gasteiger partial charge in [0.2, 0.25) is 0 Å². The second-order valence-electron chi connectivity index (χ2n) is 5.35. The van der Waals surface area contributed by atoms with E-state index in [4.69, 9.17) is 4.74 Å². The van der Waals surface area contributed by atoms with Crippen molar-refractivity contribution in [2.45, 2.75) is 43.3 Å². The monoisotopic (exact) mass is 334 g/mol. The summed E-state index contributed by atoms with van der Waals surface area (Å²) in [5.41, 5.74) is 3.31. The summed E-state index contributed by atoms with van der Waals surface area (Å²) in [6, 6.07) is 9.75. The second kappa shape index (κ2) is 8.72. The normalized spacial score (nSPS) is 20.3. The Morgan fingerprint density at radius 1 is 1.39 bits per heavy atom. The van der Waals surface area contributed by atoms with Gasteiger partial charge in [-0.3, -0.25) is 9.59 Å². The molecule has 5 nitrogen and oxygen atoms in total. The van der Waals surface area contributed by atoms with Gasteiger partial charge in [-0.15, -0.1) is 11.8 Å². The van der Waals surface area contributed by atoms with Gasteiger partial charge < -0.3 is 4.74 Å². The number of carbonyl (C=O) groups excluding carboxylic acids is 2. The van der Waals surface area contributed by atoms with Gasteiger partial charge in [0, 0.05) is 4.90 Å². The highest BCUT2D eigenvalue weighted by Crippen LogP contribution is 2.25. The fourth-order valence-electron chi connectivity index (χ4n) is 2.43. The van der Waals surface area contributed by atoms with Gasteiger partial charge in [0.15, 0.2) is 0 Å². The Labute approximate surface area is 140 Å². The van der Waals surface area contributed by atoms with E-state index in [0.29, 0.717) is 12.3 Å². The fourth-order valence-corrected chi connectivity index (χ4v) is 3.32. The van der Waals surface area contributed by atoms with E-state index >= 15 is 0 Å². The topological polar surface area (TPSA) is 67.8 Å². The summed E-state index contributed by atoms with van der Waals surface area (Å²) in [7, 11) is 0. The number of nitrogens with one attached hydrogen (secondary N) is 1. The van der Waals surface area contributed by atoms with E-state index in [9.17, 15) is 9.59 Å². The average Bonchev–Trinajstić information content (AvgIpc) is 3.02. The van der Waals surface area contributed by atoms with E-state index in [1.54, 1.807) is 6.92 Å². The van der Waals surface area contributed by atoms with Crippen LogP contribution in [-0.4, -0.2) is 29.4 Å². The lowest BCUT2D eigenvalue weighted by Gasteiger charge is -2.12. The first kappa shape index (κ1) is 17.5. The first-order valence-corrected chi connectivity index (χ1v) is 8.74. The highest BCUT2D eigenvalue weighted by molar-refractivity contribution is 8.00. The van der Waals surface area contributed by atoms with Crippen LogP contribution in [0.25, 0.3) is 0 Å². The zero-order valence-corrected chi connectivity index (χ0v) is 14.3. The molecular weight excluding hydrogens is 312 g/mol. The third-order valence-corrected chi connectivity index (χ3v) is 4.75. The molecule has 0 heterocycles. The minimum Gasteiger partial charge on any atom is -0.465 e. The molecule has 0 unspecified atom stereocenters. The van der Waals surface area contributed by atoms with Crippen molar-refractivity contribution >= 4 is 29.4 Å². The zero-order valence-electron chi connectivity index (χ0n) is 13.5. The number of hydrazone groups is 1. The smallest absolute Gasteiger partial charge is 0.314 e. The van der Waals surface area contributed by atoms with Gasteiger partial charge in [-0.25, -0.2) is 5.43 Å². The third kappa shape index (κ3) is 5.10. The Kier molecular flexibility index (Phi) is 6.65. The Morgan fingerprint density at radius 2 is 2.13 bits per heavy atom. The Morgan fingerprint density at radius 3 is 2.83 bits per heavy atom. The van der Waals surface area contributed by atoms with Crippen LogP contribution < -0.4 is 5.43 Å². The molecule has 0 bridgehead atoms. The molecule has 0 aliphatic heterocycles. The van der Waals surface area contributed by atoms with Gasteiger partial charge in [-0.2, -0.15) is 5.10 Å². The molecule has 124 valence electrons. The van der Waals surface area contributed by atoms with Crippen molar-refractivity contribution in [3.63, 3.8) is 0 Å². The third-order valence-electron chi connectivity index (χ3n) is 3.63. The van der Waals surface area contributed by atoms with Crippen molar-refractivity contribution in [2.24, 2.45) is 11.0 Å². The Balaban J connectivity index is 1.90. The largest absolute Gasteiger partial charge is 0.465 e. The van der Waals surface area contributed by atoms with Gasteiger partial charge in [0.25, 0.3) is 5.91 Å². The first-order valence-electron chi connectivity index (χ1n) is 7.86. The molecule has 1 N–H and O–H groups in total. The number of hydrogen-bond acceptors (Lipinski definition) is 5. The van der Waals surface area contributed by atoms with Crippen molar-refractivity contribution < 1.29 is 14.3 Å². The van der Waals surface area contributed by atoms with Crippen LogP contribution in [-0.2, 0) is 14.3 Å². The Bertz CT molecular complexity index is 574. The molecule has 2 rings (SSSR count). The van der Waals surface area contributed by atoms with Crippen molar-refractivity contribution in [2.75, 3.05) is 6.61 Å². The lowest BCUT2D eigenvalue weighted by Crippen LogP contribution is -2.30. The van der Waals surface area contributed by atoms with Crippen LogP contribution in [0.5, 0.6) is 0 Å². The van der Waals surface area contributed by atoms with Gasteiger partial charge in [0.05, 0.1) is 23.5 Å². The number of esters is 1. The molecule has 0 spiro atoms. The number of rotatable bonds is 6. The highest BCUT2D eigenvalue weighted by Gasteiger charge is 2.30. The minimum absolute atomic E-state index is 0.166. The Hall–Kier alpha value is -1.82. The summed E-state index contributed by atoms with van der Waals surface area (Å²) in [6.45, 7) is 3.98. The molecule has 1 amide bonds. The van der Waals surface area contributed by atoms with Crippen LogP contribution in [0.4, 0.5) is 0 Å². The van der Waals surface area contributed by atoms with Crippen LogP contribution in [0.3, 0.4) is 0 Å². The van der Waals surface area contributed by atoms with Crippen molar-refractivity contribution in [1.29, 1.82) is 0 Å². The van der Waals surface area contributed by atoms with Gasteiger partial charge >= 0.3 is 5.97 Å². The number of thioether (sulfide) groups is 1. The molecule has 6 heteroatoms. The van der Waals surface area contributed by atoms with Crippen molar-refractivity contribution in [3.05, 3.63) is 30.3 Å². The molecule has 1 aromatic carbocycles. The van der Waals surface area contributed by atoms with Crippen LogP contribution in [0, 0.1) is 5.92 Å². The molecule has 1 saturated carbocycles. The van der Waals surface area contributed by atoms with E-state index in [-0.39, 0.29) is 23.0 Å². The lowest BCUT2D eigenvalue weighted by molar-refractivity contribution is -0.145. The SMILES string of the molecule is CCOC(=O)[C@H]1CCC/C1=N/NC(=O)[C@H](C)Sc1ccccc1. The van der Waals surface area contributed by atoms with Crippen LogP contribution >= 0.6 is 11.8 Å². The second-order valence-corrected chi connectivity index (χ2v) is 6.76. The zero-order chi connectivity index (χ0) is 16.7. The maximum Gasteiger partial charge on any atom is 0.314 e. The number of hydrogen-bond donors (Lipinski definition) is 1. The molecule has 2 atom stereocenters. The molecule has 0 radical (unpaired) electrons. The van der Waals surface area contributed by atoms with Gasteiger partial charge in [-0.1, -0.05) is 18.2 Å². The molecule has 1 aliphatic rings. The van der Waals surface area contributed by atoms with Crippen LogP contribution in [0.15, 0.2) is 40.3 Å². The van der Waals surface area contributed by atoms with Gasteiger partial charge in [0.1, 0.15) is 0 Å². The minimum atomic E-state index is -0.313. The fraction of sp³-hybridized carbons (Fsp3) is 0.471. The average molecular weight is 334 g/mol. The van der Waals surface area contributed by atoms with Gasteiger partial charge in [-0.05, 0) is 45.2 Å². The number of benzene rings is 1. The number of nitrogens with zero attached hydrogens (tertiary/aromatic N) is 1. The summed E-state index contributed by atoms with van der Waals surface area (Å²) in [6.07, 6.45) is 2.36. The molecule has 1 aromatic rings. The quantitative estimate of drug-likeness (QED) is 0.493. The van der Waals surface area contributed by atoms with E-state index in [1.165, 1.54) is 11.8 Å². The summed E-state index contributed by atoms with van der Waals surface area (Å²) in [5.74, 6) is -0.724. The summed E-state index contributed by atoms with van der Waals surface area (Å²) < 4.78 is 5.05. The van der Waals surface area contributed by atoms with Crippen molar-refractivity contribution in [1.82, 2.24) is 5.43 Å². The van der Waals surface area contributed by atoms with E-state index in [0.717, 1.165) is 24.2 Å². The molecule has 1 fully saturated rings. The van der Waals surface area contributed by atoms with E-state index in [1.807, 2.05) is 37.3 Å². The molecule has 23 heavy (non-hydrogen) atoms. The van der Waals surface area contributed by atoms with Crippen molar-refractivity contribution in [3.8, 4) is 0 Å². The van der Waals surface area contributed by atoms with E-state index in [2.05, 4.69) is 10.5 Å². The lowest BCUT2D eigenvalue weighted by atomic mass is 10.1. The predicted molar refractivity (Wildman–Crippen MR) is 91.3 cm³/mol. The van der Waals surface area contributed by atoms with Crippen LogP contribution in [0.1, 0.15) is 33.1 Å². The molecule has 1 aliphatic carbocycles. The molecule has 0 saturated heterocycles. The van der Waals surface area contributed by atoms with Crippen LogP contribution in [0.2, 0.25) is 0 Å². The number of amides is 1. The summed E-state index contributed by atoms with van der Waals surface area (Å²) >= 11 is 1.48. The standard InChI is InChI=1S/C17H22N2O3S/c1-3-22-17(21)14-10-7-11-15(14)18-19-16(20)12(2)23-13-8-5-4-6-9-13/h4-6,8-9,12,14H,3,7,10-11H2,1-2H3,(H,19,20)/b18-15-/t12-,14-/m0/s1. The maximum absolute atomic E-state index is 12.2. The summed E-state index contributed by atoms with van der Waals surface area (Å²) in [4.78, 5) is 25.0. The molecular formula is C17H22N2O3S.